The van der Waals surface area contributed by atoms with E-state index in [2.05, 4.69) is 10.1 Å². The second-order valence-corrected chi connectivity index (χ2v) is 5.31. The van der Waals surface area contributed by atoms with Crippen LogP contribution < -0.4 is 0 Å². The number of carbonyl (C=O) groups excluding carboxylic acids is 1. The molecule has 21 heavy (non-hydrogen) atoms. The van der Waals surface area contributed by atoms with E-state index in [0.29, 0.717) is 36.3 Å². The van der Waals surface area contributed by atoms with E-state index in [0.717, 1.165) is 5.69 Å². The Morgan fingerprint density at radius 1 is 1.38 bits per heavy atom. The molecule has 1 amide bonds. The van der Waals surface area contributed by atoms with Crippen LogP contribution in [0.3, 0.4) is 0 Å². The largest absolute Gasteiger partial charge is 0.480 e. The number of nitrogens with zero attached hydrogens (tertiary/aromatic N) is 4. The minimum atomic E-state index is -0.956. The molecule has 7 nitrogen and oxygen atoms in total. The van der Waals surface area contributed by atoms with Crippen LogP contribution >= 0.6 is 0 Å². The quantitative estimate of drug-likeness (QED) is 0.892. The molecule has 0 aromatic carbocycles. The Morgan fingerprint density at radius 2 is 2.14 bits per heavy atom. The first-order valence-electron chi connectivity index (χ1n) is 6.85. The number of amides is 1. The van der Waals surface area contributed by atoms with Gasteiger partial charge in [0, 0.05) is 18.8 Å². The second-order valence-electron chi connectivity index (χ2n) is 5.31. The van der Waals surface area contributed by atoms with Gasteiger partial charge in [0.25, 0.3) is 5.91 Å². The van der Waals surface area contributed by atoms with Gasteiger partial charge in [-0.3, -0.25) is 4.79 Å². The minimum absolute atomic E-state index is 0.292. The zero-order chi connectivity index (χ0) is 15.1. The van der Waals surface area contributed by atoms with Gasteiger partial charge in [-0.25, -0.2) is 14.3 Å². The SMILES string of the molecule is Cc1cc2ncc(C(=O)N3CCC[C@@H]3C(=O)O)c(C)n2n1. The van der Waals surface area contributed by atoms with Gasteiger partial charge in [-0.15, -0.1) is 0 Å². The van der Waals surface area contributed by atoms with Crippen LogP contribution in [-0.4, -0.2) is 49.1 Å². The molecule has 0 aliphatic carbocycles. The number of carbonyl (C=O) groups is 2. The number of aliphatic carboxylic acids is 1. The molecule has 2 aromatic heterocycles. The smallest absolute Gasteiger partial charge is 0.326 e. The third-order valence-electron chi connectivity index (χ3n) is 3.88. The van der Waals surface area contributed by atoms with Gasteiger partial charge in [-0.2, -0.15) is 5.10 Å². The van der Waals surface area contributed by atoms with E-state index >= 15 is 0 Å². The number of likely N-dealkylation sites (tertiary alicyclic amines) is 1. The number of hydrogen-bond acceptors (Lipinski definition) is 4. The molecule has 3 heterocycles. The van der Waals surface area contributed by atoms with Crippen molar-refractivity contribution in [3.63, 3.8) is 0 Å². The highest BCUT2D eigenvalue weighted by atomic mass is 16.4. The van der Waals surface area contributed by atoms with Crippen molar-refractivity contribution in [3.05, 3.63) is 29.2 Å². The van der Waals surface area contributed by atoms with Crippen molar-refractivity contribution in [1.29, 1.82) is 0 Å². The molecule has 110 valence electrons. The Labute approximate surface area is 121 Å². The lowest BCUT2D eigenvalue weighted by atomic mass is 10.2. The molecule has 1 fully saturated rings. The van der Waals surface area contributed by atoms with Crippen LogP contribution in [0.4, 0.5) is 0 Å². The molecule has 0 spiro atoms. The van der Waals surface area contributed by atoms with Crippen molar-refractivity contribution < 1.29 is 14.7 Å². The molecule has 3 rings (SSSR count). The number of aromatic nitrogens is 3. The average molecular weight is 288 g/mol. The van der Waals surface area contributed by atoms with E-state index in [1.165, 1.54) is 11.1 Å². The number of carboxylic acid groups (broad SMARTS) is 1. The zero-order valence-electron chi connectivity index (χ0n) is 11.9. The predicted molar refractivity (Wildman–Crippen MR) is 74.2 cm³/mol. The van der Waals surface area contributed by atoms with Gasteiger partial charge in [0.2, 0.25) is 0 Å². The molecule has 1 aliphatic rings. The lowest BCUT2D eigenvalue weighted by Crippen LogP contribution is -2.40. The number of hydrogen-bond donors (Lipinski definition) is 1. The molecular formula is C14H16N4O3. The van der Waals surface area contributed by atoms with Crippen molar-refractivity contribution in [2.45, 2.75) is 32.7 Å². The summed E-state index contributed by atoms with van der Waals surface area (Å²) in [4.78, 5) is 29.5. The summed E-state index contributed by atoms with van der Waals surface area (Å²) in [6.45, 7) is 4.11. The molecule has 0 saturated carbocycles. The summed E-state index contributed by atoms with van der Waals surface area (Å²) in [7, 11) is 0. The predicted octanol–water partition coefficient (Wildman–Crippen LogP) is 1.04. The molecule has 2 aromatic rings. The van der Waals surface area contributed by atoms with E-state index < -0.39 is 12.0 Å². The van der Waals surface area contributed by atoms with E-state index in [4.69, 9.17) is 0 Å². The summed E-state index contributed by atoms with van der Waals surface area (Å²) in [5.41, 5.74) is 2.57. The minimum Gasteiger partial charge on any atom is -0.480 e. The van der Waals surface area contributed by atoms with Gasteiger partial charge in [0.1, 0.15) is 6.04 Å². The number of rotatable bonds is 2. The molecule has 0 unspecified atom stereocenters. The van der Waals surface area contributed by atoms with Crippen LogP contribution in [0.5, 0.6) is 0 Å². The molecule has 7 heteroatoms. The summed E-state index contributed by atoms with van der Waals surface area (Å²) < 4.78 is 1.62. The third kappa shape index (κ3) is 2.14. The van der Waals surface area contributed by atoms with Crippen molar-refractivity contribution in [1.82, 2.24) is 19.5 Å². The van der Waals surface area contributed by atoms with Crippen LogP contribution in [0.2, 0.25) is 0 Å². The monoisotopic (exact) mass is 288 g/mol. The van der Waals surface area contributed by atoms with Crippen molar-refractivity contribution in [3.8, 4) is 0 Å². The lowest BCUT2D eigenvalue weighted by Gasteiger charge is -2.22. The number of fused-ring (bicyclic) bond motifs is 1. The lowest BCUT2D eigenvalue weighted by molar-refractivity contribution is -0.141. The molecule has 1 saturated heterocycles. The Bertz CT molecular complexity index is 737. The second kappa shape index (κ2) is 4.83. The Morgan fingerprint density at radius 3 is 2.86 bits per heavy atom. The average Bonchev–Trinajstić information content (AvgIpc) is 3.04. The maximum Gasteiger partial charge on any atom is 0.326 e. The van der Waals surface area contributed by atoms with Crippen LogP contribution in [0.1, 0.15) is 34.6 Å². The van der Waals surface area contributed by atoms with Gasteiger partial charge in [0.15, 0.2) is 5.65 Å². The van der Waals surface area contributed by atoms with Gasteiger partial charge >= 0.3 is 5.97 Å². The number of carboxylic acids is 1. The zero-order valence-corrected chi connectivity index (χ0v) is 11.9. The summed E-state index contributed by atoms with van der Waals surface area (Å²) in [6, 6.07) is 1.09. The third-order valence-corrected chi connectivity index (χ3v) is 3.88. The van der Waals surface area contributed by atoms with E-state index in [9.17, 15) is 14.7 Å². The fraction of sp³-hybridized carbons (Fsp3) is 0.429. The maximum atomic E-state index is 12.6. The highest BCUT2D eigenvalue weighted by Gasteiger charge is 2.35. The van der Waals surface area contributed by atoms with Crippen LogP contribution in [0.15, 0.2) is 12.3 Å². The highest BCUT2D eigenvalue weighted by Crippen LogP contribution is 2.22. The highest BCUT2D eigenvalue weighted by molar-refractivity contribution is 5.97. The maximum absolute atomic E-state index is 12.6. The van der Waals surface area contributed by atoms with Crippen molar-refractivity contribution in [2.75, 3.05) is 6.54 Å². The Balaban J connectivity index is 2.01. The first kappa shape index (κ1) is 13.5. The van der Waals surface area contributed by atoms with Crippen molar-refractivity contribution >= 4 is 17.5 Å². The first-order valence-corrected chi connectivity index (χ1v) is 6.85. The summed E-state index contributed by atoms with van der Waals surface area (Å²) in [5, 5.41) is 13.5. The van der Waals surface area contributed by atoms with Crippen LogP contribution in [0.25, 0.3) is 5.65 Å². The molecule has 1 aliphatic heterocycles. The topological polar surface area (TPSA) is 87.8 Å². The Hall–Kier alpha value is -2.44. The first-order chi connectivity index (χ1) is 9.99. The number of aryl methyl sites for hydroxylation is 2. The van der Waals surface area contributed by atoms with Gasteiger partial charge < -0.3 is 10.0 Å². The normalized spacial score (nSPS) is 18.4. The van der Waals surface area contributed by atoms with Crippen LogP contribution in [-0.2, 0) is 4.79 Å². The fourth-order valence-corrected chi connectivity index (χ4v) is 2.79. The van der Waals surface area contributed by atoms with E-state index in [1.54, 1.807) is 11.4 Å². The molecule has 0 radical (unpaired) electrons. The van der Waals surface area contributed by atoms with E-state index in [1.807, 2.05) is 13.0 Å². The van der Waals surface area contributed by atoms with Crippen molar-refractivity contribution in [2.24, 2.45) is 0 Å². The summed E-state index contributed by atoms with van der Waals surface area (Å²) >= 11 is 0. The van der Waals surface area contributed by atoms with Gasteiger partial charge in [-0.1, -0.05) is 0 Å². The van der Waals surface area contributed by atoms with Crippen LogP contribution in [0, 0.1) is 13.8 Å². The summed E-state index contributed by atoms with van der Waals surface area (Å²) in [6.07, 6.45) is 2.71. The molecule has 1 N–H and O–H groups in total. The van der Waals surface area contributed by atoms with Gasteiger partial charge in [0.05, 0.1) is 17.0 Å². The van der Waals surface area contributed by atoms with Gasteiger partial charge in [-0.05, 0) is 26.7 Å². The Kier molecular flexibility index (Phi) is 3.12. The molecule has 0 bridgehead atoms. The molecular weight excluding hydrogens is 272 g/mol. The molecule has 1 atom stereocenters. The standard InChI is InChI=1S/C14H16N4O3/c1-8-6-12-15-7-10(9(2)18(12)16-8)13(19)17-5-3-4-11(17)14(20)21/h6-7,11H,3-5H2,1-2H3,(H,20,21)/t11-/m1/s1. The fourth-order valence-electron chi connectivity index (χ4n) is 2.79. The summed E-state index contributed by atoms with van der Waals surface area (Å²) in [5.74, 6) is -1.25. The van der Waals surface area contributed by atoms with E-state index in [-0.39, 0.29) is 5.91 Å².